The lowest BCUT2D eigenvalue weighted by Gasteiger charge is -2.04. The largest absolute Gasteiger partial charge is 0.349 e. The van der Waals surface area contributed by atoms with Crippen LogP contribution in [0.2, 0.25) is 0 Å². The summed E-state index contributed by atoms with van der Waals surface area (Å²) in [6.45, 7) is 2.38. The number of nitrogens with one attached hydrogen (secondary N) is 1. The van der Waals surface area contributed by atoms with Crippen molar-refractivity contribution in [2.45, 2.75) is 32.2 Å². The number of nitrogens with two attached hydrogens (primary N) is 1. The Morgan fingerprint density at radius 2 is 2.44 bits per heavy atom. The van der Waals surface area contributed by atoms with E-state index in [9.17, 15) is 4.79 Å². The SMILES string of the molecule is CCNC(=O)c1noc(CC(N)C2CC2)n1. The first-order chi connectivity index (χ1) is 7.70. The first kappa shape index (κ1) is 11.1. The molecule has 1 amide bonds. The molecule has 1 aromatic heterocycles. The van der Waals surface area contributed by atoms with Crippen molar-refractivity contribution in [2.24, 2.45) is 11.7 Å². The van der Waals surface area contributed by atoms with Crippen LogP contribution in [0.25, 0.3) is 0 Å². The standard InChI is InChI=1S/C10H16N4O2/c1-2-12-10(15)9-13-8(16-14-9)5-7(11)6-3-4-6/h6-7H,2-5,11H2,1H3,(H,12,15). The Kier molecular flexibility index (Phi) is 3.19. The maximum absolute atomic E-state index is 11.4. The minimum absolute atomic E-state index is 0.0718. The van der Waals surface area contributed by atoms with Crippen LogP contribution < -0.4 is 11.1 Å². The molecule has 3 N–H and O–H groups in total. The molecule has 0 bridgehead atoms. The van der Waals surface area contributed by atoms with E-state index in [-0.39, 0.29) is 17.8 Å². The summed E-state index contributed by atoms with van der Waals surface area (Å²) in [5, 5.41) is 6.22. The van der Waals surface area contributed by atoms with Gasteiger partial charge in [-0.2, -0.15) is 4.98 Å². The maximum atomic E-state index is 11.4. The van der Waals surface area contributed by atoms with E-state index in [1.54, 1.807) is 0 Å². The van der Waals surface area contributed by atoms with Crippen LogP contribution >= 0.6 is 0 Å². The van der Waals surface area contributed by atoms with Gasteiger partial charge in [0.05, 0.1) is 0 Å². The van der Waals surface area contributed by atoms with Crippen LogP contribution in [0.3, 0.4) is 0 Å². The van der Waals surface area contributed by atoms with Crippen LogP contribution in [0.4, 0.5) is 0 Å². The fourth-order valence-electron chi connectivity index (χ4n) is 1.56. The van der Waals surface area contributed by atoms with Crippen molar-refractivity contribution < 1.29 is 9.32 Å². The molecule has 1 fully saturated rings. The van der Waals surface area contributed by atoms with Gasteiger partial charge in [0.2, 0.25) is 5.89 Å². The van der Waals surface area contributed by atoms with Gasteiger partial charge in [-0.15, -0.1) is 0 Å². The number of amides is 1. The predicted octanol–water partition coefficient (Wildman–Crippen LogP) is 0.0991. The van der Waals surface area contributed by atoms with Crippen molar-refractivity contribution in [1.82, 2.24) is 15.5 Å². The van der Waals surface area contributed by atoms with Gasteiger partial charge in [0.25, 0.3) is 11.7 Å². The molecule has 2 rings (SSSR count). The van der Waals surface area contributed by atoms with E-state index in [0.717, 1.165) is 0 Å². The zero-order valence-electron chi connectivity index (χ0n) is 9.27. The molecule has 0 aromatic carbocycles. The zero-order valence-corrected chi connectivity index (χ0v) is 9.27. The lowest BCUT2D eigenvalue weighted by Crippen LogP contribution is -2.26. The number of hydrogen-bond donors (Lipinski definition) is 2. The molecule has 0 saturated heterocycles. The zero-order chi connectivity index (χ0) is 11.5. The van der Waals surface area contributed by atoms with Gasteiger partial charge in [-0.05, 0) is 25.7 Å². The summed E-state index contributed by atoms with van der Waals surface area (Å²) in [6.07, 6.45) is 2.91. The molecule has 0 spiro atoms. The molecule has 1 aromatic rings. The van der Waals surface area contributed by atoms with Gasteiger partial charge in [0.15, 0.2) is 0 Å². The number of carbonyl (C=O) groups excluding carboxylic acids is 1. The Balaban J connectivity index is 1.93. The quantitative estimate of drug-likeness (QED) is 0.739. The van der Waals surface area contributed by atoms with E-state index < -0.39 is 0 Å². The summed E-state index contributed by atoms with van der Waals surface area (Å²) in [7, 11) is 0. The van der Waals surface area contributed by atoms with Crippen LogP contribution in [-0.4, -0.2) is 28.6 Å². The van der Waals surface area contributed by atoms with Gasteiger partial charge in [0.1, 0.15) is 0 Å². The van der Waals surface area contributed by atoms with E-state index in [1.807, 2.05) is 6.92 Å². The Bertz CT molecular complexity index is 373. The Morgan fingerprint density at radius 1 is 1.69 bits per heavy atom. The van der Waals surface area contributed by atoms with Crippen LogP contribution in [0.15, 0.2) is 4.52 Å². The molecule has 1 atom stereocenters. The third-order valence-electron chi connectivity index (χ3n) is 2.65. The monoisotopic (exact) mass is 224 g/mol. The van der Waals surface area contributed by atoms with E-state index in [1.165, 1.54) is 12.8 Å². The second kappa shape index (κ2) is 4.61. The Labute approximate surface area is 93.6 Å². The van der Waals surface area contributed by atoms with Crippen LogP contribution in [0.5, 0.6) is 0 Å². The maximum Gasteiger partial charge on any atom is 0.292 e. The average Bonchev–Trinajstić information content (AvgIpc) is 3.00. The van der Waals surface area contributed by atoms with Crippen molar-refractivity contribution in [3.05, 3.63) is 11.7 Å². The smallest absolute Gasteiger partial charge is 0.292 e. The Hall–Kier alpha value is -1.43. The molecule has 0 radical (unpaired) electrons. The third-order valence-corrected chi connectivity index (χ3v) is 2.65. The van der Waals surface area contributed by atoms with Crippen LogP contribution in [0, 0.1) is 5.92 Å². The molecule has 6 heteroatoms. The highest BCUT2D eigenvalue weighted by Crippen LogP contribution is 2.32. The molecule has 0 aliphatic heterocycles. The molecule has 1 saturated carbocycles. The molecule has 1 aliphatic carbocycles. The van der Waals surface area contributed by atoms with Gasteiger partial charge in [-0.25, -0.2) is 0 Å². The first-order valence-corrected chi connectivity index (χ1v) is 5.57. The third kappa shape index (κ3) is 2.57. The van der Waals surface area contributed by atoms with Crippen molar-refractivity contribution in [3.63, 3.8) is 0 Å². The average molecular weight is 224 g/mol. The molecular weight excluding hydrogens is 208 g/mol. The summed E-state index contributed by atoms with van der Waals surface area (Å²) in [5.74, 6) is 0.804. The topological polar surface area (TPSA) is 94.0 Å². The molecule has 16 heavy (non-hydrogen) atoms. The summed E-state index contributed by atoms with van der Waals surface area (Å²) in [4.78, 5) is 15.4. The predicted molar refractivity (Wildman–Crippen MR) is 56.7 cm³/mol. The Morgan fingerprint density at radius 3 is 3.06 bits per heavy atom. The highest BCUT2D eigenvalue weighted by molar-refractivity contribution is 5.90. The summed E-state index contributed by atoms with van der Waals surface area (Å²) >= 11 is 0. The van der Waals surface area contributed by atoms with Gasteiger partial charge in [-0.1, -0.05) is 5.16 Å². The molecular formula is C10H16N4O2. The van der Waals surface area contributed by atoms with Crippen molar-refractivity contribution in [2.75, 3.05) is 6.54 Å². The highest BCUT2D eigenvalue weighted by atomic mass is 16.5. The number of hydrogen-bond acceptors (Lipinski definition) is 5. The van der Waals surface area contributed by atoms with E-state index in [0.29, 0.717) is 24.8 Å². The number of aromatic nitrogens is 2. The summed E-state index contributed by atoms with van der Waals surface area (Å²) in [5.41, 5.74) is 5.93. The lowest BCUT2D eigenvalue weighted by atomic mass is 10.1. The normalized spacial score (nSPS) is 17.1. The lowest BCUT2D eigenvalue weighted by molar-refractivity contribution is 0.0942. The molecule has 1 heterocycles. The molecule has 6 nitrogen and oxygen atoms in total. The van der Waals surface area contributed by atoms with E-state index >= 15 is 0 Å². The molecule has 88 valence electrons. The number of carbonyl (C=O) groups is 1. The minimum atomic E-state index is -0.308. The van der Waals surface area contributed by atoms with E-state index in [4.69, 9.17) is 10.3 Å². The van der Waals surface area contributed by atoms with Crippen LogP contribution in [-0.2, 0) is 6.42 Å². The van der Waals surface area contributed by atoms with E-state index in [2.05, 4.69) is 15.5 Å². The number of rotatable bonds is 5. The second-order valence-electron chi connectivity index (χ2n) is 4.08. The van der Waals surface area contributed by atoms with Crippen molar-refractivity contribution >= 4 is 5.91 Å². The van der Waals surface area contributed by atoms with Gasteiger partial charge in [-0.3, -0.25) is 4.79 Å². The molecule has 1 unspecified atom stereocenters. The first-order valence-electron chi connectivity index (χ1n) is 5.57. The fourth-order valence-corrected chi connectivity index (χ4v) is 1.56. The summed E-state index contributed by atoms with van der Waals surface area (Å²) < 4.78 is 4.98. The molecule has 1 aliphatic rings. The van der Waals surface area contributed by atoms with Crippen LogP contribution in [0.1, 0.15) is 36.3 Å². The number of nitrogens with zero attached hydrogens (tertiary/aromatic N) is 2. The van der Waals surface area contributed by atoms with Crippen molar-refractivity contribution in [3.8, 4) is 0 Å². The van der Waals surface area contributed by atoms with Gasteiger partial charge >= 0.3 is 0 Å². The van der Waals surface area contributed by atoms with Gasteiger partial charge in [0, 0.05) is 19.0 Å². The highest BCUT2D eigenvalue weighted by Gasteiger charge is 2.30. The minimum Gasteiger partial charge on any atom is -0.349 e. The fraction of sp³-hybridized carbons (Fsp3) is 0.700. The summed E-state index contributed by atoms with van der Waals surface area (Å²) in [6, 6.07) is 0.0718. The second-order valence-corrected chi connectivity index (χ2v) is 4.08. The van der Waals surface area contributed by atoms with Gasteiger partial charge < -0.3 is 15.6 Å². The van der Waals surface area contributed by atoms with Crippen molar-refractivity contribution in [1.29, 1.82) is 0 Å².